The van der Waals surface area contributed by atoms with Crippen LogP contribution >= 0.6 is 0 Å². The zero-order valence-corrected chi connectivity index (χ0v) is 35.5. The zero-order chi connectivity index (χ0) is 41.8. The number of ether oxygens (including phenoxy) is 4. The summed E-state index contributed by atoms with van der Waals surface area (Å²) >= 11 is 0. The van der Waals surface area contributed by atoms with Crippen LogP contribution in [0.3, 0.4) is 0 Å². The molecule has 2 aromatic rings. The van der Waals surface area contributed by atoms with E-state index in [1.54, 1.807) is 24.3 Å². The quantitative estimate of drug-likeness (QED) is 0.114. The first kappa shape index (κ1) is 47.8. The topological polar surface area (TPSA) is 177 Å². The van der Waals surface area contributed by atoms with Crippen molar-refractivity contribution in [3.63, 3.8) is 0 Å². The van der Waals surface area contributed by atoms with Gasteiger partial charge in [-0.1, -0.05) is 53.4 Å². The Morgan fingerprint density at radius 2 is 0.638 bits per heavy atom. The Hall–Kier alpha value is -4.56. The van der Waals surface area contributed by atoms with Gasteiger partial charge in [-0.2, -0.15) is 0 Å². The first-order chi connectivity index (χ1) is 28.4. The average molecular weight is 811 g/mol. The van der Waals surface area contributed by atoms with Gasteiger partial charge in [0, 0.05) is 26.2 Å². The molecule has 4 bridgehead atoms. The second-order valence-electron chi connectivity index (χ2n) is 14.4. The number of unbranched alkanes of at least 4 members (excludes halogenated alkanes) is 4. The molecule has 3 aliphatic rings. The lowest BCUT2D eigenvalue weighted by atomic mass is 10.1. The zero-order valence-electron chi connectivity index (χ0n) is 35.5. The summed E-state index contributed by atoms with van der Waals surface area (Å²) in [4.78, 5) is 54.5. The van der Waals surface area contributed by atoms with Gasteiger partial charge in [0.1, 0.15) is 0 Å². The molecule has 0 unspecified atom stereocenters. The second-order valence-corrected chi connectivity index (χ2v) is 14.4. The Bertz CT molecular complexity index is 1440. The van der Waals surface area contributed by atoms with Gasteiger partial charge in [0.2, 0.25) is 0 Å². The molecule has 0 aliphatic carbocycles. The highest BCUT2D eigenvalue weighted by atomic mass is 16.5. The Balaban J connectivity index is 1.92. The highest BCUT2D eigenvalue weighted by Crippen LogP contribution is 2.37. The third kappa shape index (κ3) is 16.4. The molecule has 0 radical (unpaired) electrons. The van der Waals surface area contributed by atoms with Gasteiger partial charge in [-0.25, -0.2) is 0 Å². The predicted molar refractivity (Wildman–Crippen MR) is 228 cm³/mol. The van der Waals surface area contributed by atoms with Crippen molar-refractivity contribution in [2.75, 3.05) is 78.8 Å². The standard InChI is InChI=1S/C44H70N6O8/c1-5-9-29-55-37-33-17-19-35(39(37)57-31-11-7-3)43(53)49-27-28-50-44(54)36-20-18-34(38(56-30-10-6-2)40(36)58-32-12-8-4)42(52)48-26-16-24-46-22-14-13-21-45-23-15-25-47-41(33)51/h17-20,45-46H,5-16,21-32H2,1-4H3,(H,47,51)(H,48,52)(H,49,53)(H,50,54). The summed E-state index contributed by atoms with van der Waals surface area (Å²) in [5, 5.41) is 18.7. The lowest BCUT2D eigenvalue weighted by molar-refractivity contribution is 0.0919. The van der Waals surface area contributed by atoms with E-state index in [2.05, 4.69) is 45.7 Å². The molecule has 14 nitrogen and oxygen atoms in total. The highest BCUT2D eigenvalue weighted by molar-refractivity contribution is 6.04. The van der Waals surface area contributed by atoms with Crippen molar-refractivity contribution in [1.29, 1.82) is 0 Å². The monoisotopic (exact) mass is 811 g/mol. The van der Waals surface area contributed by atoms with Crippen LogP contribution in [0.2, 0.25) is 0 Å². The third-order valence-corrected chi connectivity index (χ3v) is 9.46. The Morgan fingerprint density at radius 3 is 0.914 bits per heavy atom. The molecule has 0 saturated carbocycles. The van der Waals surface area contributed by atoms with Crippen LogP contribution in [0.5, 0.6) is 23.0 Å². The van der Waals surface area contributed by atoms with Crippen molar-refractivity contribution in [3.05, 3.63) is 46.5 Å². The molecule has 4 amide bonds. The van der Waals surface area contributed by atoms with Gasteiger partial charge < -0.3 is 50.8 Å². The van der Waals surface area contributed by atoms with E-state index < -0.39 is 11.8 Å². The summed E-state index contributed by atoms with van der Waals surface area (Å²) in [6, 6.07) is 6.39. The number of fused-ring (bicyclic) bond motifs is 2. The number of hydrogen-bond donors (Lipinski definition) is 6. The molecule has 0 aromatic heterocycles. The number of amides is 4. The summed E-state index contributed by atoms with van der Waals surface area (Å²) in [5.74, 6) is -0.502. The molecular formula is C44H70N6O8. The number of benzene rings is 2. The maximum Gasteiger partial charge on any atom is 0.255 e. The first-order valence-corrected chi connectivity index (χ1v) is 21.8. The van der Waals surface area contributed by atoms with Gasteiger partial charge in [-0.15, -0.1) is 0 Å². The maximum absolute atomic E-state index is 13.7. The number of hydrogen-bond acceptors (Lipinski definition) is 10. The normalized spacial score (nSPS) is 15.8. The minimum Gasteiger partial charge on any atom is -0.489 e. The highest BCUT2D eigenvalue weighted by Gasteiger charge is 2.26. The van der Waals surface area contributed by atoms with Crippen LogP contribution in [-0.2, 0) is 0 Å². The fourth-order valence-corrected chi connectivity index (χ4v) is 6.00. The van der Waals surface area contributed by atoms with Gasteiger partial charge in [0.15, 0.2) is 23.0 Å². The molecule has 0 atom stereocenters. The molecule has 6 N–H and O–H groups in total. The number of rotatable bonds is 16. The van der Waals surface area contributed by atoms with Crippen LogP contribution < -0.4 is 50.8 Å². The fraction of sp³-hybridized carbons (Fsp3) is 0.636. The van der Waals surface area contributed by atoms with Crippen molar-refractivity contribution in [3.8, 4) is 23.0 Å². The fourth-order valence-electron chi connectivity index (χ4n) is 6.00. The third-order valence-electron chi connectivity index (χ3n) is 9.46. The van der Waals surface area contributed by atoms with Crippen molar-refractivity contribution < 1.29 is 38.1 Å². The van der Waals surface area contributed by atoms with Gasteiger partial charge in [0.05, 0.1) is 48.7 Å². The summed E-state index contributed by atoms with van der Waals surface area (Å²) in [6.07, 6.45) is 10.1. The average Bonchev–Trinajstić information content (AvgIpc) is 3.22. The smallest absolute Gasteiger partial charge is 0.255 e. The van der Waals surface area contributed by atoms with E-state index >= 15 is 0 Å². The largest absolute Gasteiger partial charge is 0.489 e. The van der Waals surface area contributed by atoms with Crippen molar-refractivity contribution in [2.45, 2.75) is 105 Å². The Kier molecular flexibility index (Phi) is 23.7. The van der Waals surface area contributed by atoms with Gasteiger partial charge in [-0.05, 0) is 102 Å². The molecule has 0 spiro atoms. The molecule has 2 aromatic carbocycles. The molecule has 14 heteroatoms. The molecular weight excluding hydrogens is 741 g/mol. The lowest BCUT2D eigenvalue weighted by Crippen LogP contribution is -2.35. The van der Waals surface area contributed by atoms with Crippen LogP contribution in [0.1, 0.15) is 146 Å². The summed E-state index contributed by atoms with van der Waals surface area (Å²) < 4.78 is 24.8. The van der Waals surface area contributed by atoms with Crippen LogP contribution in [-0.4, -0.2) is 102 Å². The SMILES string of the molecule is CCCCOc1c2ccc(c1OCCCC)C(=O)NCCNC(=O)c1ccc(c(OCCCC)c1OCCCC)C(=O)NCCCNCCCCNCCCNC2=O. The van der Waals surface area contributed by atoms with E-state index in [4.69, 9.17) is 18.9 Å². The van der Waals surface area contributed by atoms with Crippen molar-refractivity contribution >= 4 is 23.6 Å². The molecule has 3 aliphatic heterocycles. The minimum atomic E-state index is -0.430. The first-order valence-electron chi connectivity index (χ1n) is 21.8. The van der Waals surface area contributed by atoms with Crippen LogP contribution in [0.25, 0.3) is 0 Å². The van der Waals surface area contributed by atoms with E-state index in [-0.39, 0.29) is 59.0 Å². The van der Waals surface area contributed by atoms with Crippen LogP contribution in [0, 0.1) is 0 Å². The van der Waals surface area contributed by atoms with Crippen molar-refractivity contribution in [1.82, 2.24) is 31.9 Å². The summed E-state index contributed by atoms with van der Waals surface area (Å²) in [5.41, 5.74) is 1.09. The van der Waals surface area contributed by atoms with E-state index in [0.717, 1.165) is 103 Å². The Morgan fingerprint density at radius 1 is 0.379 bits per heavy atom. The van der Waals surface area contributed by atoms with E-state index in [9.17, 15) is 19.2 Å². The predicted octanol–water partition coefficient (Wildman–Crippen LogP) is 5.77. The number of carbonyl (C=O) groups excluding carboxylic acids is 4. The lowest BCUT2D eigenvalue weighted by Gasteiger charge is -2.20. The number of carbonyl (C=O) groups is 4. The molecule has 58 heavy (non-hydrogen) atoms. The second kappa shape index (κ2) is 28.8. The van der Waals surface area contributed by atoms with E-state index in [1.807, 2.05) is 13.8 Å². The van der Waals surface area contributed by atoms with Gasteiger partial charge >= 0.3 is 0 Å². The molecule has 5 rings (SSSR count). The molecule has 324 valence electrons. The van der Waals surface area contributed by atoms with Crippen LogP contribution in [0.4, 0.5) is 0 Å². The summed E-state index contributed by atoms with van der Waals surface area (Å²) in [6.45, 7) is 14.0. The van der Waals surface area contributed by atoms with Gasteiger partial charge in [0.25, 0.3) is 23.6 Å². The maximum atomic E-state index is 13.7. The minimum absolute atomic E-state index is 0.0997. The van der Waals surface area contributed by atoms with Crippen molar-refractivity contribution in [2.24, 2.45) is 0 Å². The summed E-state index contributed by atoms with van der Waals surface area (Å²) in [7, 11) is 0. The van der Waals surface area contributed by atoms with Gasteiger partial charge in [-0.3, -0.25) is 19.2 Å². The van der Waals surface area contributed by atoms with E-state index in [0.29, 0.717) is 50.6 Å². The van der Waals surface area contributed by atoms with Crippen LogP contribution in [0.15, 0.2) is 24.3 Å². The van der Waals surface area contributed by atoms with E-state index in [1.165, 1.54) is 0 Å². The molecule has 3 heterocycles. The molecule has 0 saturated heterocycles. The number of nitrogens with one attached hydrogen (secondary N) is 6. The molecule has 0 fully saturated rings. The Labute approximate surface area is 346 Å².